The SMILES string of the molecule is C=CC(O)c1cnsn1. The second kappa shape index (κ2) is 2.70. The van der Waals surface area contributed by atoms with Gasteiger partial charge in [0.25, 0.3) is 0 Å². The average molecular weight is 142 g/mol. The number of nitrogens with zero attached hydrogens (tertiary/aromatic N) is 2. The molecular formula is C5H6N2OS. The van der Waals surface area contributed by atoms with E-state index in [4.69, 9.17) is 5.11 Å². The van der Waals surface area contributed by atoms with Gasteiger partial charge in [-0.25, -0.2) is 0 Å². The molecule has 0 spiro atoms. The number of rotatable bonds is 2. The van der Waals surface area contributed by atoms with Crippen LogP contribution in [0.5, 0.6) is 0 Å². The summed E-state index contributed by atoms with van der Waals surface area (Å²) < 4.78 is 7.51. The molecule has 1 N–H and O–H groups in total. The molecule has 0 fully saturated rings. The van der Waals surface area contributed by atoms with Gasteiger partial charge in [0, 0.05) is 0 Å². The van der Waals surface area contributed by atoms with Crippen molar-refractivity contribution >= 4 is 11.7 Å². The van der Waals surface area contributed by atoms with Crippen LogP contribution in [0.3, 0.4) is 0 Å². The van der Waals surface area contributed by atoms with E-state index in [1.807, 2.05) is 0 Å². The summed E-state index contributed by atoms with van der Waals surface area (Å²) in [4.78, 5) is 0. The van der Waals surface area contributed by atoms with Crippen LogP contribution in [0.25, 0.3) is 0 Å². The van der Waals surface area contributed by atoms with Crippen LogP contribution in [0, 0.1) is 0 Å². The van der Waals surface area contributed by atoms with Crippen molar-refractivity contribution in [2.24, 2.45) is 0 Å². The molecule has 0 amide bonds. The minimum atomic E-state index is -0.663. The fraction of sp³-hybridized carbons (Fsp3) is 0.200. The van der Waals surface area contributed by atoms with Crippen LogP contribution in [0.1, 0.15) is 11.8 Å². The first kappa shape index (κ1) is 6.38. The third kappa shape index (κ3) is 1.34. The summed E-state index contributed by atoms with van der Waals surface area (Å²) in [5.74, 6) is 0. The molecular weight excluding hydrogens is 136 g/mol. The van der Waals surface area contributed by atoms with Crippen molar-refractivity contribution in [2.75, 3.05) is 0 Å². The summed E-state index contributed by atoms with van der Waals surface area (Å²) in [7, 11) is 0. The zero-order valence-electron chi connectivity index (χ0n) is 4.69. The van der Waals surface area contributed by atoms with Crippen LogP contribution in [0.4, 0.5) is 0 Å². The molecule has 0 bridgehead atoms. The molecule has 1 aromatic rings. The molecule has 3 nitrogen and oxygen atoms in total. The lowest BCUT2D eigenvalue weighted by molar-refractivity contribution is 0.225. The first-order chi connectivity index (χ1) is 4.34. The number of hydrogen-bond donors (Lipinski definition) is 1. The molecule has 1 aromatic heterocycles. The van der Waals surface area contributed by atoms with Crippen molar-refractivity contribution < 1.29 is 5.11 Å². The quantitative estimate of drug-likeness (QED) is 0.620. The molecule has 1 heterocycles. The minimum Gasteiger partial charge on any atom is -0.383 e. The monoisotopic (exact) mass is 142 g/mol. The number of aliphatic hydroxyl groups excluding tert-OH is 1. The lowest BCUT2D eigenvalue weighted by atomic mass is 10.3. The molecule has 0 saturated carbocycles. The molecule has 9 heavy (non-hydrogen) atoms. The Bertz CT molecular complexity index is 185. The fourth-order valence-corrected chi connectivity index (χ4v) is 0.875. The summed E-state index contributed by atoms with van der Waals surface area (Å²) in [5, 5.41) is 9.00. The molecule has 0 aliphatic rings. The Kier molecular flexibility index (Phi) is 1.92. The van der Waals surface area contributed by atoms with Crippen molar-refractivity contribution in [3.63, 3.8) is 0 Å². The van der Waals surface area contributed by atoms with E-state index < -0.39 is 6.10 Å². The molecule has 48 valence electrons. The molecule has 0 aromatic carbocycles. The van der Waals surface area contributed by atoms with E-state index in [2.05, 4.69) is 15.3 Å². The van der Waals surface area contributed by atoms with Gasteiger partial charge in [0.05, 0.1) is 17.9 Å². The summed E-state index contributed by atoms with van der Waals surface area (Å²) in [5.41, 5.74) is 0.565. The first-order valence-electron chi connectivity index (χ1n) is 2.42. The lowest BCUT2D eigenvalue weighted by Gasteiger charge is -1.95. The minimum absolute atomic E-state index is 0.565. The van der Waals surface area contributed by atoms with E-state index in [0.717, 1.165) is 11.7 Å². The number of hydrogen-bond acceptors (Lipinski definition) is 4. The zero-order valence-corrected chi connectivity index (χ0v) is 5.51. The molecule has 1 rings (SSSR count). The third-order valence-electron chi connectivity index (χ3n) is 0.905. The van der Waals surface area contributed by atoms with Gasteiger partial charge in [-0.2, -0.15) is 8.75 Å². The maximum absolute atomic E-state index is 9.00. The Balaban J connectivity index is 2.76. The first-order valence-corrected chi connectivity index (χ1v) is 3.15. The van der Waals surface area contributed by atoms with Crippen molar-refractivity contribution in [3.8, 4) is 0 Å². The predicted octanol–water partition coefficient (Wildman–Crippen LogP) is 0.757. The summed E-state index contributed by atoms with van der Waals surface area (Å²) in [6, 6.07) is 0. The van der Waals surface area contributed by atoms with Gasteiger partial charge in [0.15, 0.2) is 0 Å². The van der Waals surface area contributed by atoms with Crippen LogP contribution in [0.15, 0.2) is 18.9 Å². The van der Waals surface area contributed by atoms with Crippen LogP contribution < -0.4 is 0 Å². The van der Waals surface area contributed by atoms with Crippen LogP contribution in [0.2, 0.25) is 0 Å². The highest BCUT2D eigenvalue weighted by atomic mass is 32.1. The molecule has 0 radical (unpaired) electrons. The summed E-state index contributed by atoms with van der Waals surface area (Å²) >= 11 is 1.08. The molecule has 1 unspecified atom stereocenters. The average Bonchev–Trinajstić information content (AvgIpc) is 2.37. The van der Waals surface area contributed by atoms with E-state index in [1.165, 1.54) is 12.3 Å². The lowest BCUT2D eigenvalue weighted by Crippen LogP contribution is -1.90. The molecule has 1 atom stereocenters. The van der Waals surface area contributed by atoms with Crippen molar-refractivity contribution in [1.29, 1.82) is 0 Å². The van der Waals surface area contributed by atoms with Gasteiger partial charge in [0.1, 0.15) is 11.8 Å². The van der Waals surface area contributed by atoms with Gasteiger partial charge >= 0.3 is 0 Å². The van der Waals surface area contributed by atoms with Gasteiger partial charge in [-0.05, 0) is 0 Å². The van der Waals surface area contributed by atoms with Crippen molar-refractivity contribution in [2.45, 2.75) is 6.10 Å². The Morgan fingerprint density at radius 3 is 3.11 bits per heavy atom. The topological polar surface area (TPSA) is 46.0 Å². The fourth-order valence-electron chi connectivity index (χ4n) is 0.423. The largest absolute Gasteiger partial charge is 0.383 e. The second-order valence-electron chi connectivity index (χ2n) is 1.51. The Morgan fingerprint density at radius 1 is 1.89 bits per heavy atom. The summed E-state index contributed by atoms with van der Waals surface area (Å²) in [6.07, 6.45) is 2.28. The van der Waals surface area contributed by atoms with E-state index >= 15 is 0 Å². The van der Waals surface area contributed by atoms with Crippen LogP contribution >= 0.6 is 11.7 Å². The summed E-state index contributed by atoms with van der Waals surface area (Å²) in [6.45, 7) is 3.40. The van der Waals surface area contributed by atoms with Gasteiger partial charge in [0.2, 0.25) is 0 Å². The van der Waals surface area contributed by atoms with Gasteiger partial charge < -0.3 is 5.11 Å². The Labute approximate surface area is 57.0 Å². The van der Waals surface area contributed by atoms with Crippen LogP contribution in [-0.4, -0.2) is 13.9 Å². The zero-order chi connectivity index (χ0) is 6.69. The molecule has 0 aliphatic carbocycles. The Morgan fingerprint density at radius 2 is 2.67 bits per heavy atom. The molecule has 0 aliphatic heterocycles. The predicted molar refractivity (Wildman–Crippen MR) is 35.1 cm³/mol. The molecule has 0 saturated heterocycles. The van der Waals surface area contributed by atoms with Crippen molar-refractivity contribution in [1.82, 2.24) is 8.75 Å². The van der Waals surface area contributed by atoms with E-state index in [-0.39, 0.29) is 0 Å². The maximum Gasteiger partial charge on any atom is 0.117 e. The highest BCUT2D eigenvalue weighted by molar-refractivity contribution is 6.99. The van der Waals surface area contributed by atoms with Gasteiger partial charge in [-0.15, -0.1) is 6.58 Å². The standard InChI is InChI=1S/C5H6N2OS/c1-2-5(8)4-3-6-9-7-4/h2-3,5,8H,1H2. The van der Waals surface area contributed by atoms with Crippen molar-refractivity contribution in [3.05, 3.63) is 24.5 Å². The van der Waals surface area contributed by atoms with E-state index in [9.17, 15) is 0 Å². The van der Waals surface area contributed by atoms with E-state index in [0.29, 0.717) is 5.69 Å². The maximum atomic E-state index is 9.00. The smallest absolute Gasteiger partial charge is 0.117 e. The highest BCUT2D eigenvalue weighted by Crippen LogP contribution is 2.09. The van der Waals surface area contributed by atoms with Crippen LogP contribution in [-0.2, 0) is 0 Å². The normalized spacial score (nSPS) is 13.0. The van der Waals surface area contributed by atoms with Gasteiger partial charge in [-0.3, -0.25) is 0 Å². The van der Waals surface area contributed by atoms with Gasteiger partial charge in [-0.1, -0.05) is 6.08 Å². The Hall–Kier alpha value is -0.740. The number of aliphatic hydroxyl groups is 1. The molecule has 4 heteroatoms. The number of aromatic nitrogens is 2. The van der Waals surface area contributed by atoms with E-state index in [1.54, 1.807) is 0 Å². The second-order valence-corrected chi connectivity index (χ2v) is 2.07. The third-order valence-corrected chi connectivity index (χ3v) is 1.40. The highest BCUT2D eigenvalue weighted by Gasteiger charge is 2.03.